The molecule has 0 amide bonds. The van der Waals surface area contributed by atoms with Gasteiger partial charge in [0.1, 0.15) is 0 Å². The zero-order valence-electron chi connectivity index (χ0n) is 13.6. The van der Waals surface area contributed by atoms with Crippen molar-refractivity contribution in [1.29, 1.82) is 0 Å². The van der Waals surface area contributed by atoms with E-state index in [1.165, 1.54) is 12.8 Å². The van der Waals surface area contributed by atoms with Gasteiger partial charge in [-0.3, -0.25) is 4.21 Å². The van der Waals surface area contributed by atoms with Crippen molar-refractivity contribution in [2.45, 2.75) is 77.3 Å². The average molecular weight is 288 g/mol. The van der Waals surface area contributed by atoms with Gasteiger partial charge in [-0.15, -0.1) is 0 Å². The molecule has 3 heteroatoms. The second kappa shape index (κ2) is 7.78. The lowest BCUT2D eigenvalue weighted by molar-refractivity contribution is 0.245. The Morgan fingerprint density at radius 3 is 2.37 bits per heavy atom. The van der Waals surface area contributed by atoms with Gasteiger partial charge < -0.3 is 5.32 Å². The SMILES string of the molecule is CCCNC1CC(C)CC(C)C1S(=O)C(C)C(C)C. The van der Waals surface area contributed by atoms with Gasteiger partial charge in [0.05, 0.1) is 5.25 Å². The minimum atomic E-state index is -0.722. The van der Waals surface area contributed by atoms with E-state index in [4.69, 9.17) is 0 Å². The van der Waals surface area contributed by atoms with E-state index in [0.29, 0.717) is 28.4 Å². The highest BCUT2D eigenvalue weighted by atomic mass is 32.2. The van der Waals surface area contributed by atoms with Crippen LogP contribution < -0.4 is 5.32 Å². The first kappa shape index (κ1) is 17.2. The van der Waals surface area contributed by atoms with Gasteiger partial charge in [0.2, 0.25) is 0 Å². The molecule has 6 unspecified atom stereocenters. The van der Waals surface area contributed by atoms with Crippen LogP contribution in [0.15, 0.2) is 0 Å². The van der Waals surface area contributed by atoms with E-state index in [1.54, 1.807) is 0 Å². The van der Waals surface area contributed by atoms with Crippen LogP contribution in [0.5, 0.6) is 0 Å². The molecule has 0 aromatic heterocycles. The minimum Gasteiger partial charge on any atom is -0.313 e. The van der Waals surface area contributed by atoms with E-state index in [-0.39, 0.29) is 0 Å². The summed E-state index contributed by atoms with van der Waals surface area (Å²) in [5, 5.41) is 4.30. The highest BCUT2D eigenvalue weighted by Crippen LogP contribution is 2.34. The van der Waals surface area contributed by atoms with Crippen LogP contribution in [0.1, 0.15) is 60.8 Å². The van der Waals surface area contributed by atoms with Crippen LogP contribution in [0, 0.1) is 17.8 Å². The number of nitrogens with one attached hydrogen (secondary N) is 1. The van der Waals surface area contributed by atoms with Gasteiger partial charge in [0, 0.05) is 22.1 Å². The van der Waals surface area contributed by atoms with E-state index < -0.39 is 10.8 Å². The molecule has 1 aliphatic carbocycles. The van der Waals surface area contributed by atoms with E-state index >= 15 is 0 Å². The Morgan fingerprint density at radius 1 is 1.21 bits per heavy atom. The van der Waals surface area contributed by atoms with E-state index in [1.807, 2.05) is 0 Å². The molecule has 0 radical (unpaired) electrons. The molecular formula is C16H33NOS. The minimum absolute atomic E-state index is 0.298. The fraction of sp³-hybridized carbons (Fsp3) is 1.00. The van der Waals surface area contributed by atoms with E-state index in [2.05, 4.69) is 46.9 Å². The maximum Gasteiger partial charge on any atom is 0.0529 e. The van der Waals surface area contributed by atoms with Crippen LogP contribution in [0.3, 0.4) is 0 Å². The summed E-state index contributed by atoms with van der Waals surface area (Å²) in [6, 6.07) is 0.445. The van der Waals surface area contributed by atoms with Crippen molar-refractivity contribution < 1.29 is 4.21 Å². The van der Waals surface area contributed by atoms with Gasteiger partial charge in [0.25, 0.3) is 0 Å². The van der Waals surface area contributed by atoms with Gasteiger partial charge in [-0.2, -0.15) is 0 Å². The molecule has 2 nitrogen and oxygen atoms in total. The first-order chi connectivity index (χ1) is 8.88. The Hall–Kier alpha value is 0.110. The standard InChI is InChI=1S/C16H33NOS/c1-7-8-17-15-10-12(4)9-13(5)16(15)19(18)14(6)11(2)3/h11-17H,7-10H2,1-6H3. The second-order valence-electron chi connectivity index (χ2n) is 6.86. The van der Waals surface area contributed by atoms with Crippen LogP contribution in [0.4, 0.5) is 0 Å². The second-order valence-corrected chi connectivity index (χ2v) is 8.80. The molecule has 0 heterocycles. The van der Waals surface area contributed by atoms with Crippen molar-refractivity contribution in [2.75, 3.05) is 6.54 Å². The summed E-state index contributed by atoms with van der Waals surface area (Å²) in [5.41, 5.74) is 0. The molecule has 19 heavy (non-hydrogen) atoms. The zero-order valence-corrected chi connectivity index (χ0v) is 14.4. The van der Waals surface area contributed by atoms with Crippen molar-refractivity contribution >= 4 is 10.8 Å². The van der Waals surface area contributed by atoms with Gasteiger partial charge in [-0.25, -0.2) is 0 Å². The maximum absolute atomic E-state index is 12.9. The third-order valence-electron chi connectivity index (χ3n) is 4.62. The summed E-state index contributed by atoms with van der Waals surface area (Å²) in [4.78, 5) is 0. The Kier molecular flexibility index (Phi) is 7.02. The van der Waals surface area contributed by atoms with Crippen molar-refractivity contribution in [1.82, 2.24) is 5.32 Å². The molecule has 0 aromatic carbocycles. The number of hydrogen-bond acceptors (Lipinski definition) is 2. The molecule has 1 fully saturated rings. The first-order valence-corrected chi connectivity index (χ1v) is 9.28. The fourth-order valence-corrected chi connectivity index (χ4v) is 5.40. The third-order valence-corrected chi connectivity index (χ3v) is 7.22. The third kappa shape index (κ3) is 4.56. The molecule has 0 aromatic rings. The Labute approximate surface area is 122 Å². The van der Waals surface area contributed by atoms with Crippen LogP contribution in [-0.4, -0.2) is 27.3 Å². The maximum atomic E-state index is 12.9. The van der Waals surface area contributed by atoms with Crippen molar-refractivity contribution in [3.05, 3.63) is 0 Å². The van der Waals surface area contributed by atoms with Crippen LogP contribution in [0.2, 0.25) is 0 Å². The monoisotopic (exact) mass is 287 g/mol. The van der Waals surface area contributed by atoms with Gasteiger partial charge in [-0.05, 0) is 43.6 Å². The molecule has 0 bridgehead atoms. The zero-order chi connectivity index (χ0) is 14.6. The number of hydrogen-bond donors (Lipinski definition) is 1. The largest absolute Gasteiger partial charge is 0.313 e. The van der Waals surface area contributed by atoms with Crippen molar-refractivity contribution in [3.63, 3.8) is 0 Å². The predicted molar refractivity (Wildman–Crippen MR) is 85.9 cm³/mol. The molecule has 1 aliphatic rings. The summed E-state index contributed by atoms with van der Waals surface area (Å²) >= 11 is 0. The molecular weight excluding hydrogens is 254 g/mol. The molecule has 0 spiro atoms. The Morgan fingerprint density at radius 2 is 1.84 bits per heavy atom. The van der Waals surface area contributed by atoms with Gasteiger partial charge >= 0.3 is 0 Å². The van der Waals surface area contributed by atoms with Gasteiger partial charge in [0.15, 0.2) is 0 Å². The quantitative estimate of drug-likeness (QED) is 0.809. The highest BCUT2D eigenvalue weighted by molar-refractivity contribution is 7.86. The summed E-state index contributed by atoms with van der Waals surface area (Å²) in [5.74, 6) is 1.83. The van der Waals surface area contributed by atoms with Crippen LogP contribution >= 0.6 is 0 Å². The molecule has 0 aliphatic heterocycles. The fourth-order valence-electron chi connectivity index (χ4n) is 3.27. The van der Waals surface area contributed by atoms with Crippen LogP contribution in [-0.2, 0) is 10.8 Å². The summed E-state index contributed by atoms with van der Waals surface area (Å²) < 4.78 is 12.9. The Balaban J connectivity index is 2.81. The molecule has 114 valence electrons. The number of rotatable bonds is 6. The Bertz CT molecular complexity index is 292. The smallest absolute Gasteiger partial charge is 0.0529 e. The van der Waals surface area contributed by atoms with Crippen molar-refractivity contribution in [3.8, 4) is 0 Å². The lowest BCUT2D eigenvalue weighted by Crippen LogP contribution is -2.52. The van der Waals surface area contributed by atoms with Crippen LogP contribution in [0.25, 0.3) is 0 Å². The van der Waals surface area contributed by atoms with E-state index in [9.17, 15) is 4.21 Å². The topological polar surface area (TPSA) is 29.1 Å². The van der Waals surface area contributed by atoms with E-state index in [0.717, 1.165) is 18.9 Å². The molecule has 1 rings (SSSR count). The normalized spacial score (nSPS) is 35.3. The molecule has 1 saturated carbocycles. The van der Waals surface area contributed by atoms with Crippen molar-refractivity contribution in [2.24, 2.45) is 17.8 Å². The molecule has 0 saturated heterocycles. The lowest BCUT2D eigenvalue weighted by atomic mass is 9.80. The molecule has 1 N–H and O–H groups in total. The summed E-state index contributed by atoms with van der Waals surface area (Å²) in [6.07, 6.45) is 3.56. The first-order valence-electron chi connectivity index (χ1n) is 8.01. The molecule has 6 atom stereocenters. The van der Waals surface area contributed by atoms with Gasteiger partial charge in [-0.1, -0.05) is 41.5 Å². The highest BCUT2D eigenvalue weighted by Gasteiger charge is 2.39. The summed E-state index contributed by atoms with van der Waals surface area (Å²) in [6.45, 7) is 14.4. The summed E-state index contributed by atoms with van der Waals surface area (Å²) in [7, 11) is -0.722. The lowest BCUT2D eigenvalue weighted by Gasteiger charge is -2.41. The average Bonchev–Trinajstić information content (AvgIpc) is 2.33. The predicted octanol–water partition coefficient (Wildman–Crippen LogP) is 3.58.